The predicted octanol–water partition coefficient (Wildman–Crippen LogP) is 2.37. The maximum atomic E-state index is 12.2. The number of nitrogens with one attached hydrogen (secondary N) is 2. The van der Waals surface area contributed by atoms with Crippen LogP contribution in [0.15, 0.2) is 28.8 Å². The summed E-state index contributed by atoms with van der Waals surface area (Å²) in [5.74, 6) is 0.900. The summed E-state index contributed by atoms with van der Waals surface area (Å²) in [5.41, 5.74) is 1.21. The van der Waals surface area contributed by atoms with Crippen molar-refractivity contribution >= 4 is 22.8 Å². The molecule has 0 bridgehead atoms. The third-order valence-electron chi connectivity index (χ3n) is 3.09. The number of nitrogens with zero attached hydrogens (tertiary/aromatic N) is 2. The summed E-state index contributed by atoms with van der Waals surface area (Å²) in [6, 6.07) is 7.37. The smallest absolute Gasteiger partial charge is 0.328 e. The van der Waals surface area contributed by atoms with Crippen LogP contribution < -0.4 is 10.1 Å². The second-order valence-electron chi connectivity index (χ2n) is 4.43. The molecule has 7 heteroatoms. The van der Waals surface area contributed by atoms with E-state index in [4.69, 9.17) is 9.26 Å². The highest BCUT2D eigenvalue weighted by Gasteiger charge is 2.14. The first kappa shape index (κ1) is 13.2. The summed E-state index contributed by atoms with van der Waals surface area (Å²) in [6.45, 7) is 1.90. The Balaban J connectivity index is 1.87. The molecule has 1 amide bonds. The fourth-order valence-electron chi connectivity index (χ4n) is 2.04. The zero-order valence-electron chi connectivity index (χ0n) is 11.6. The van der Waals surface area contributed by atoms with E-state index in [0.29, 0.717) is 23.7 Å². The number of anilines is 1. The number of carbonyl (C=O) groups excluding carboxylic acids is 1. The summed E-state index contributed by atoms with van der Waals surface area (Å²) < 4.78 is 10.2. The molecular formula is C14H14N4O3. The van der Waals surface area contributed by atoms with Gasteiger partial charge in [-0.3, -0.25) is 10.1 Å². The Labute approximate surface area is 120 Å². The lowest BCUT2D eigenvalue weighted by Crippen LogP contribution is -2.12. The molecule has 0 radical (unpaired) electrons. The van der Waals surface area contributed by atoms with Gasteiger partial charge in [0, 0.05) is 17.3 Å². The predicted molar refractivity (Wildman–Crippen MR) is 76.5 cm³/mol. The van der Waals surface area contributed by atoms with Crippen LogP contribution in [0.5, 0.6) is 5.75 Å². The molecule has 0 saturated heterocycles. The second kappa shape index (κ2) is 5.28. The quantitative estimate of drug-likeness (QED) is 0.768. The van der Waals surface area contributed by atoms with Crippen molar-refractivity contribution in [1.29, 1.82) is 0 Å². The van der Waals surface area contributed by atoms with E-state index >= 15 is 0 Å². The van der Waals surface area contributed by atoms with E-state index in [-0.39, 0.29) is 11.9 Å². The minimum absolute atomic E-state index is 0.0856. The minimum atomic E-state index is -0.348. The third kappa shape index (κ3) is 2.45. The van der Waals surface area contributed by atoms with Crippen LogP contribution in [0.2, 0.25) is 0 Å². The van der Waals surface area contributed by atoms with Crippen LogP contribution in [0.1, 0.15) is 23.2 Å². The minimum Gasteiger partial charge on any atom is -0.496 e. The summed E-state index contributed by atoms with van der Waals surface area (Å²) >= 11 is 0. The first-order chi connectivity index (χ1) is 10.2. The zero-order chi connectivity index (χ0) is 14.8. The fraction of sp³-hybridized carbons (Fsp3) is 0.214. The molecule has 7 nitrogen and oxygen atoms in total. The molecule has 0 spiro atoms. The maximum absolute atomic E-state index is 12.2. The number of aromatic nitrogens is 3. The number of methoxy groups -OCH3 is 1. The van der Waals surface area contributed by atoms with Gasteiger partial charge in [0.2, 0.25) is 0 Å². The molecule has 1 aromatic carbocycles. The molecule has 0 saturated carbocycles. The molecule has 21 heavy (non-hydrogen) atoms. The number of amides is 1. The zero-order valence-corrected chi connectivity index (χ0v) is 11.6. The van der Waals surface area contributed by atoms with Gasteiger partial charge < -0.3 is 14.2 Å². The fourth-order valence-corrected chi connectivity index (χ4v) is 2.04. The van der Waals surface area contributed by atoms with Crippen LogP contribution in [0, 0.1) is 0 Å². The van der Waals surface area contributed by atoms with Crippen molar-refractivity contribution in [3.05, 3.63) is 35.8 Å². The standard InChI is InChI=1S/C14H14N4O3/c1-3-12-16-14(21-18-12)17-13(19)10-7-8-9(15-10)5-4-6-11(8)20-2/h4-7,15H,3H2,1-2H3,(H,16,17,18,19). The SMILES string of the molecule is CCc1noc(NC(=O)c2cc3c(OC)cccc3[nH]2)n1. The first-order valence-electron chi connectivity index (χ1n) is 6.51. The molecule has 3 rings (SSSR count). The number of hydrogen-bond acceptors (Lipinski definition) is 5. The van der Waals surface area contributed by atoms with Gasteiger partial charge in [0.15, 0.2) is 5.82 Å². The number of aromatic amines is 1. The van der Waals surface area contributed by atoms with Crippen LogP contribution in [-0.2, 0) is 6.42 Å². The van der Waals surface area contributed by atoms with Crippen molar-refractivity contribution in [3.63, 3.8) is 0 Å². The van der Waals surface area contributed by atoms with E-state index in [2.05, 4.69) is 20.4 Å². The highest BCUT2D eigenvalue weighted by Crippen LogP contribution is 2.26. The van der Waals surface area contributed by atoms with Gasteiger partial charge in [-0.2, -0.15) is 4.98 Å². The molecule has 2 heterocycles. The van der Waals surface area contributed by atoms with E-state index < -0.39 is 0 Å². The topological polar surface area (TPSA) is 93.0 Å². The van der Waals surface area contributed by atoms with Gasteiger partial charge in [-0.05, 0) is 18.2 Å². The molecule has 108 valence electrons. The summed E-state index contributed by atoms with van der Waals surface area (Å²) in [4.78, 5) is 19.2. The molecular weight excluding hydrogens is 272 g/mol. The number of benzene rings is 1. The largest absolute Gasteiger partial charge is 0.496 e. The van der Waals surface area contributed by atoms with E-state index in [1.165, 1.54) is 0 Å². The molecule has 3 aromatic rings. The number of aryl methyl sites for hydroxylation is 1. The Morgan fingerprint density at radius 3 is 3.05 bits per heavy atom. The molecule has 0 aliphatic rings. The second-order valence-corrected chi connectivity index (χ2v) is 4.43. The van der Waals surface area contributed by atoms with Gasteiger partial charge in [-0.1, -0.05) is 18.1 Å². The highest BCUT2D eigenvalue weighted by atomic mass is 16.5. The maximum Gasteiger partial charge on any atom is 0.328 e. The van der Waals surface area contributed by atoms with Crippen molar-refractivity contribution in [1.82, 2.24) is 15.1 Å². The Hall–Kier alpha value is -2.83. The van der Waals surface area contributed by atoms with Gasteiger partial charge >= 0.3 is 6.01 Å². The average Bonchev–Trinajstić information content (AvgIpc) is 3.12. The number of hydrogen-bond donors (Lipinski definition) is 2. The molecule has 2 aromatic heterocycles. The molecule has 0 unspecified atom stereocenters. The van der Waals surface area contributed by atoms with Gasteiger partial charge in [0.05, 0.1) is 7.11 Å². The molecule has 0 aliphatic heterocycles. The number of rotatable bonds is 4. The summed E-state index contributed by atoms with van der Waals surface area (Å²) in [5, 5.41) is 7.12. The normalized spacial score (nSPS) is 10.8. The number of fused-ring (bicyclic) bond motifs is 1. The lowest BCUT2D eigenvalue weighted by molar-refractivity contribution is 0.101. The summed E-state index contributed by atoms with van der Waals surface area (Å²) in [6.07, 6.45) is 0.642. The summed E-state index contributed by atoms with van der Waals surface area (Å²) in [7, 11) is 1.59. The van der Waals surface area contributed by atoms with Crippen molar-refractivity contribution < 1.29 is 14.1 Å². The van der Waals surface area contributed by atoms with E-state index in [1.807, 2.05) is 25.1 Å². The van der Waals surface area contributed by atoms with Gasteiger partial charge in [0.25, 0.3) is 5.91 Å². The van der Waals surface area contributed by atoms with Gasteiger partial charge in [-0.15, -0.1) is 0 Å². The van der Waals surface area contributed by atoms with Crippen molar-refractivity contribution in [2.75, 3.05) is 12.4 Å². The van der Waals surface area contributed by atoms with E-state index in [9.17, 15) is 4.79 Å². The van der Waals surface area contributed by atoms with Crippen molar-refractivity contribution in [2.24, 2.45) is 0 Å². The van der Waals surface area contributed by atoms with Crippen LogP contribution >= 0.6 is 0 Å². The molecule has 0 atom stereocenters. The lowest BCUT2D eigenvalue weighted by Gasteiger charge is -1.99. The molecule has 0 aliphatic carbocycles. The van der Waals surface area contributed by atoms with Crippen LogP contribution in [0.4, 0.5) is 6.01 Å². The van der Waals surface area contributed by atoms with Crippen LogP contribution in [0.3, 0.4) is 0 Å². The number of H-pyrrole nitrogens is 1. The average molecular weight is 286 g/mol. The van der Waals surface area contributed by atoms with Crippen LogP contribution in [-0.4, -0.2) is 28.1 Å². The van der Waals surface area contributed by atoms with Gasteiger partial charge in [0.1, 0.15) is 11.4 Å². The first-order valence-corrected chi connectivity index (χ1v) is 6.51. The van der Waals surface area contributed by atoms with E-state index in [1.54, 1.807) is 13.2 Å². The van der Waals surface area contributed by atoms with Crippen LogP contribution in [0.25, 0.3) is 10.9 Å². The van der Waals surface area contributed by atoms with Crippen molar-refractivity contribution in [2.45, 2.75) is 13.3 Å². The van der Waals surface area contributed by atoms with Crippen molar-refractivity contribution in [3.8, 4) is 5.75 Å². The Morgan fingerprint density at radius 2 is 2.33 bits per heavy atom. The third-order valence-corrected chi connectivity index (χ3v) is 3.09. The highest BCUT2D eigenvalue weighted by molar-refractivity contribution is 6.05. The molecule has 0 fully saturated rings. The number of ether oxygens (including phenoxy) is 1. The monoisotopic (exact) mass is 286 g/mol. The number of carbonyl (C=O) groups is 1. The van der Waals surface area contributed by atoms with E-state index in [0.717, 1.165) is 10.9 Å². The Morgan fingerprint density at radius 1 is 1.48 bits per heavy atom. The molecule has 2 N–H and O–H groups in total. The van der Waals surface area contributed by atoms with Gasteiger partial charge in [-0.25, -0.2) is 0 Å². The Bertz CT molecular complexity index is 790. The lowest BCUT2D eigenvalue weighted by atomic mass is 10.2. The Kier molecular flexibility index (Phi) is 3.31.